The van der Waals surface area contributed by atoms with Crippen LogP contribution >= 0.6 is 0 Å². The van der Waals surface area contributed by atoms with Crippen LogP contribution in [0.25, 0.3) is 0 Å². The van der Waals surface area contributed by atoms with Gasteiger partial charge in [-0.15, -0.1) is 0 Å². The molecule has 0 aliphatic carbocycles. The van der Waals surface area contributed by atoms with Gasteiger partial charge in [-0.2, -0.15) is 5.26 Å². The van der Waals surface area contributed by atoms with Crippen LogP contribution < -0.4 is 10.1 Å². The Morgan fingerprint density at radius 2 is 2.10 bits per heavy atom. The molecule has 0 saturated carbocycles. The average molecular weight is 284 g/mol. The molecule has 1 N–H and O–H groups in total. The Kier molecular flexibility index (Phi) is 5.30. The molecule has 0 saturated heterocycles. The third kappa shape index (κ3) is 4.59. The molecule has 108 valence electrons. The third-order valence-electron chi connectivity index (χ3n) is 3.04. The summed E-state index contributed by atoms with van der Waals surface area (Å²) in [5.41, 5.74) is 2.30. The van der Waals surface area contributed by atoms with Gasteiger partial charge in [0.25, 0.3) is 0 Å². The van der Waals surface area contributed by atoms with E-state index in [-0.39, 0.29) is 5.82 Å². The lowest BCUT2D eigenvalue weighted by Crippen LogP contribution is -2.21. The Hall–Kier alpha value is -2.38. The SMILES string of the molecule is Cc1cccc(OCCNCc2cc(F)ccc2C#N)c1. The summed E-state index contributed by atoms with van der Waals surface area (Å²) in [5, 5.41) is 12.1. The van der Waals surface area contributed by atoms with Crippen molar-refractivity contribution in [2.45, 2.75) is 13.5 Å². The van der Waals surface area contributed by atoms with E-state index >= 15 is 0 Å². The van der Waals surface area contributed by atoms with E-state index in [9.17, 15) is 4.39 Å². The van der Waals surface area contributed by atoms with Gasteiger partial charge < -0.3 is 10.1 Å². The molecule has 2 aromatic rings. The molecule has 0 unspecified atom stereocenters. The maximum atomic E-state index is 13.2. The molecular formula is C17H17FN2O. The lowest BCUT2D eigenvalue weighted by atomic mass is 10.1. The molecular weight excluding hydrogens is 267 g/mol. The van der Waals surface area contributed by atoms with Gasteiger partial charge in [-0.1, -0.05) is 12.1 Å². The second-order valence-corrected chi connectivity index (χ2v) is 4.76. The van der Waals surface area contributed by atoms with Gasteiger partial charge >= 0.3 is 0 Å². The van der Waals surface area contributed by atoms with E-state index in [1.165, 1.54) is 18.2 Å². The summed E-state index contributed by atoms with van der Waals surface area (Å²) >= 11 is 0. The van der Waals surface area contributed by atoms with E-state index in [0.29, 0.717) is 30.8 Å². The maximum Gasteiger partial charge on any atom is 0.123 e. The number of aryl methyl sites for hydroxylation is 1. The van der Waals surface area contributed by atoms with Crippen molar-refractivity contribution in [1.82, 2.24) is 5.32 Å². The van der Waals surface area contributed by atoms with Gasteiger partial charge in [0.05, 0.1) is 11.6 Å². The zero-order valence-electron chi connectivity index (χ0n) is 11.9. The molecule has 0 atom stereocenters. The standard InChI is InChI=1S/C17H17FN2O/c1-13-3-2-4-17(9-13)21-8-7-20-12-15-10-16(18)6-5-14(15)11-19/h2-6,9-10,20H,7-8,12H2,1H3. The van der Waals surface area contributed by atoms with E-state index in [0.717, 1.165) is 11.3 Å². The minimum atomic E-state index is -0.332. The highest BCUT2D eigenvalue weighted by molar-refractivity contribution is 5.37. The fourth-order valence-corrected chi connectivity index (χ4v) is 1.99. The van der Waals surface area contributed by atoms with E-state index in [4.69, 9.17) is 10.00 Å². The first kappa shape index (κ1) is 15.0. The largest absolute Gasteiger partial charge is 0.492 e. The molecule has 0 spiro atoms. The van der Waals surface area contributed by atoms with Crippen LogP contribution in [-0.2, 0) is 6.54 Å². The highest BCUT2D eigenvalue weighted by Crippen LogP contribution is 2.12. The Balaban J connectivity index is 1.78. The summed E-state index contributed by atoms with van der Waals surface area (Å²) in [6.07, 6.45) is 0. The van der Waals surface area contributed by atoms with Crippen LogP contribution in [0.4, 0.5) is 4.39 Å². The fraction of sp³-hybridized carbons (Fsp3) is 0.235. The van der Waals surface area contributed by atoms with Crippen molar-refractivity contribution < 1.29 is 9.13 Å². The van der Waals surface area contributed by atoms with Gasteiger partial charge in [-0.05, 0) is 48.4 Å². The maximum absolute atomic E-state index is 13.2. The van der Waals surface area contributed by atoms with E-state index in [2.05, 4.69) is 11.4 Å². The number of benzene rings is 2. The van der Waals surface area contributed by atoms with Crippen LogP contribution in [-0.4, -0.2) is 13.2 Å². The van der Waals surface area contributed by atoms with Gasteiger partial charge in [0.15, 0.2) is 0 Å². The van der Waals surface area contributed by atoms with Gasteiger partial charge in [0.1, 0.15) is 18.2 Å². The van der Waals surface area contributed by atoms with Crippen LogP contribution in [0.3, 0.4) is 0 Å². The number of hydrogen-bond donors (Lipinski definition) is 1. The Bertz CT molecular complexity index is 649. The molecule has 0 bridgehead atoms. The summed E-state index contributed by atoms with van der Waals surface area (Å²) in [6, 6.07) is 14.1. The number of nitrogens with one attached hydrogen (secondary N) is 1. The predicted octanol–water partition coefficient (Wildman–Crippen LogP) is 3.17. The zero-order chi connectivity index (χ0) is 15.1. The number of rotatable bonds is 6. The molecule has 0 fully saturated rings. The molecule has 0 aliphatic rings. The van der Waals surface area contributed by atoms with Crippen molar-refractivity contribution >= 4 is 0 Å². The van der Waals surface area contributed by atoms with Crippen molar-refractivity contribution in [3.05, 3.63) is 65.0 Å². The van der Waals surface area contributed by atoms with Gasteiger partial charge in [-0.3, -0.25) is 0 Å². The Morgan fingerprint density at radius 1 is 1.24 bits per heavy atom. The number of halogens is 1. The van der Waals surface area contributed by atoms with Crippen molar-refractivity contribution in [2.75, 3.05) is 13.2 Å². The third-order valence-corrected chi connectivity index (χ3v) is 3.04. The molecule has 0 aliphatic heterocycles. The van der Waals surface area contributed by atoms with Crippen molar-refractivity contribution in [3.8, 4) is 11.8 Å². The summed E-state index contributed by atoms with van der Waals surface area (Å²) in [7, 11) is 0. The fourth-order valence-electron chi connectivity index (χ4n) is 1.99. The van der Waals surface area contributed by atoms with Gasteiger partial charge in [0, 0.05) is 13.1 Å². The summed E-state index contributed by atoms with van der Waals surface area (Å²) < 4.78 is 18.8. The Morgan fingerprint density at radius 3 is 2.86 bits per heavy atom. The smallest absolute Gasteiger partial charge is 0.123 e. The molecule has 21 heavy (non-hydrogen) atoms. The minimum absolute atomic E-state index is 0.332. The van der Waals surface area contributed by atoms with E-state index in [1.54, 1.807) is 0 Å². The number of nitriles is 1. The first-order chi connectivity index (χ1) is 10.2. The highest BCUT2D eigenvalue weighted by atomic mass is 19.1. The molecule has 2 aromatic carbocycles. The molecule has 2 rings (SSSR count). The number of ether oxygens (including phenoxy) is 1. The topological polar surface area (TPSA) is 45.0 Å². The summed E-state index contributed by atoms with van der Waals surface area (Å²) in [5.74, 6) is 0.502. The van der Waals surface area contributed by atoms with Crippen LogP contribution in [0.15, 0.2) is 42.5 Å². The molecule has 0 aromatic heterocycles. The molecule has 0 heterocycles. The lowest BCUT2D eigenvalue weighted by Gasteiger charge is -2.09. The first-order valence-corrected chi connectivity index (χ1v) is 6.78. The van der Waals surface area contributed by atoms with Crippen LogP contribution in [0, 0.1) is 24.1 Å². The number of nitrogens with zero attached hydrogens (tertiary/aromatic N) is 1. The molecule has 3 nitrogen and oxygen atoms in total. The van der Waals surface area contributed by atoms with E-state index in [1.807, 2.05) is 31.2 Å². The van der Waals surface area contributed by atoms with Crippen molar-refractivity contribution in [2.24, 2.45) is 0 Å². The average Bonchev–Trinajstić information content (AvgIpc) is 2.47. The molecule has 0 radical (unpaired) electrons. The van der Waals surface area contributed by atoms with Crippen LogP contribution in [0.2, 0.25) is 0 Å². The quantitative estimate of drug-likeness (QED) is 0.829. The lowest BCUT2D eigenvalue weighted by molar-refractivity contribution is 0.313. The predicted molar refractivity (Wildman–Crippen MR) is 79.5 cm³/mol. The Labute approximate surface area is 124 Å². The zero-order valence-corrected chi connectivity index (χ0v) is 11.9. The second kappa shape index (κ2) is 7.41. The van der Waals surface area contributed by atoms with Gasteiger partial charge in [0.2, 0.25) is 0 Å². The number of hydrogen-bond acceptors (Lipinski definition) is 3. The van der Waals surface area contributed by atoms with E-state index < -0.39 is 0 Å². The second-order valence-electron chi connectivity index (χ2n) is 4.76. The monoisotopic (exact) mass is 284 g/mol. The van der Waals surface area contributed by atoms with Crippen molar-refractivity contribution in [1.29, 1.82) is 5.26 Å². The van der Waals surface area contributed by atoms with Crippen molar-refractivity contribution in [3.63, 3.8) is 0 Å². The van der Waals surface area contributed by atoms with Gasteiger partial charge in [-0.25, -0.2) is 4.39 Å². The molecule has 0 amide bonds. The summed E-state index contributed by atoms with van der Waals surface area (Å²) in [6.45, 7) is 3.59. The normalized spacial score (nSPS) is 10.1. The van der Waals surface area contributed by atoms with Crippen LogP contribution in [0.5, 0.6) is 5.75 Å². The highest BCUT2D eigenvalue weighted by Gasteiger charge is 2.03. The molecule has 4 heteroatoms. The first-order valence-electron chi connectivity index (χ1n) is 6.78. The summed E-state index contributed by atoms with van der Waals surface area (Å²) in [4.78, 5) is 0. The van der Waals surface area contributed by atoms with Crippen LogP contribution in [0.1, 0.15) is 16.7 Å². The minimum Gasteiger partial charge on any atom is -0.492 e.